The molecule has 2 aliphatic carbocycles. The molecule has 0 N–H and O–H groups in total. The standard InChI is InChI=1S/C21H17Cl2NO3/c22-13-3-8-17(16(23)10-13)27-15-6-4-14(5-7-15)24-20(25)18-11-1-2-12(9-11)19(18)21(24)26/h3-8,10-12,18-19H,1-2,9H2/t11-,12+,18-,19-/m0/s1. The highest BCUT2D eigenvalue weighted by atomic mass is 35.5. The number of nitrogens with zero attached hydrogens (tertiary/aromatic N) is 1. The smallest absolute Gasteiger partial charge is 0.237 e. The fraction of sp³-hybridized carbons (Fsp3) is 0.333. The van der Waals surface area contributed by atoms with E-state index < -0.39 is 0 Å². The van der Waals surface area contributed by atoms with Gasteiger partial charge in [0.15, 0.2) is 0 Å². The van der Waals surface area contributed by atoms with Gasteiger partial charge in [-0.2, -0.15) is 0 Å². The molecule has 1 saturated heterocycles. The molecule has 2 amide bonds. The molecule has 3 aliphatic rings. The summed E-state index contributed by atoms with van der Waals surface area (Å²) >= 11 is 12.0. The van der Waals surface area contributed by atoms with Crippen LogP contribution in [-0.4, -0.2) is 11.8 Å². The van der Waals surface area contributed by atoms with E-state index >= 15 is 0 Å². The number of carbonyl (C=O) groups is 2. The number of ether oxygens (including phenoxy) is 1. The van der Waals surface area contributed by atoms with E-state index in [0.29, 0.717) is 39.1 Å². The van der Waals surface area contributed by atoms with Gasteiger partial charge in [-0.15, -0.1) is 0 Å². The van der Waals surface area contributed by atoms with Crippen LogP contribution in [0.1, 0.15) is 19.3 Å². The van der Waals surface area contributed by atoms with Gasteiger partial charge in [0, 0.05) is 5.02 Å². The zero-order chi connectivity index (χ0) is 18.7. The van der Waals surface area contributed by atoms with Crippen LogP contribution < -0.4 is 9.64 Å². The number of imide groups is 1. The van der Waals surface area contributed by atoms with Crippen molar-refractivity contribution in [2.24, 2.45) is 23.7 Å². The van der Waals surface area contributed by atoms with E-state index in [-0.39, 0.29) is 23.7 Å². The molecule has 138 valence electrons. The third kappa shape index (κ3) is 2.66. The topological polar surface area (TPSA) is 46.6 Å². The molecule has 2 bridgehead atoms. The Labute approximate surface area is 167 Å². The molecule has 6 heteroatoms. The minimum Gasteiger partial charge on any atom is -0.456 e. The number of benzene rings is 2. The molecular formula is C21H17Cl2NO3. The van der Waals surface area contributed by atoms with Crippen molar-refractivity contribution >= 4 is 40.7 Å². The Morgan fingerprint density at radius 1 is 0.889 bits per heavy atom. The van der Waals surface area contributed by atoms with E-state index in [1.807, 2.05) is 0 Å². The number of amides is 2. The molecule has 0 unspecified atom stereocenters. The molecule has 0 aromatic heterocycles. The van der Waals surface area contributed by atoms with Crippen LogP contribution in [0.2, 0.25) is 10.0 Å². The molecule has 2 aromatic rings. The number of halogens is 2. The molecule has 4 atom stereocenters. The molecule has 1 heterocycles. The van der Waals surface area contributed by atoms with Gasteiger partial charge in [0.1, 0.15) is 11.5 Å². The number of hydrogen-bond donors (Lipinski definition) is 0. The van der Waals surface area contributed by atoms with Crippen LogP contribution in [0.5, 0.6) is 11.5 Å². The number of anilines is 1. The van der Waals surface area contributed by atoms with Crippen LogP contribution in [0.4, 0.5) is 5.69 Å². The average molecular weight is 402 g/mol. The van der Waals surface area contributed by atoms with Crippen molar-refractivity contribution in [2.45, 2.75) is 19.3 Å². The summed E-state index contributed by atoms with van der Waals surface area (Å²) in [6, 6.07) is 12.0. The first kappa shape index (κ1) is 17.1. The molecule has 3 fully saturated rings. The van der Waals surface area contributed by atoms with E-state index in [4.69, 9.17) is 27.9 Å². The highest BCUT2D eigenvalue weighted by Crippen LogP contribution is 2.56. The molecule has 27 heavy (non-hydrogen) atoms. The second kappa shape index (κ2) is 6.25. The highest BCUT2D eigenvalue weighted by molar-refractivity contribution is 6.35. The van der Waals surface area contributed by atoms with E-state index in [9.17, 15) is 9.59 Å². The molecule has 5 rings (SSSR count). The zero-order valence-corrected chi connectivity index (χ0v) is 15.9. The van der Waals surface area contributed by atoms with Gasteiger partial charge in [-0.05, 0) is 73.6 Å². The van der Waals surface area contributed by atoms with E-state index in [1.54, 1.807) is 42.5 Å². The van der Waals surface area contributed by atoms with E-state index in [2.05, 4.69) is 0 Å². The Kier molecular flexibility index (Phi) is 3.95. The van der Waals surface area contributed by atoms with Crippen molar-refractivity contribution in [3.05, 3.63) is 52.5 Å². The van der Waals surface area contributed by atoms with Gasteiger partial charge < -0.3 is 4.74 Å². The first-order valence-electron chi connectivity index (χ1n) is 9.14. The van der Waals surface area contributed by atoms with Crippen molar-refractivity contribution < 1.29 is 14.3 Å². The monoisotopic (exact) mass is 401 g/mol. The van der Waals surface area contributed by atoms with Gasteiger partial charge in [-0.3, -0.25) is 14.5 Å². The van der Waals surface area contributed by atoms with Crippen LogP contribution in [0, 0.1) is 23.7 Å². The maximum Gasteiger partial charge on any atom is 0.237 e. The summed E-state index contributed by atoms with van der Waals surface area (Å²) in [7, 11) is 0. The number of carbonyl (C=O) groups excluding carboxylic acids is 2. The Hall–Kier alpha value is -2.04. The predicted octanol–water partition coefficient (Wildman–Crippen LogP) is 5.32. The van der Waals surface area contributed by atoms with Crippen molar-refractivity contribution in [3.8, 4) is 11.5 Å². The molecule has 2 saturated carbocycles. The van der Waals surface area contributed by atoms with Gasteiger partial charge in [0.05, 0.1) is 22.5 Å². The maximum atomic E-state index is 12.9. The van der Waals surface area contributed by atoms with Crippen LogP contribution in [0.3, 0.4) is 0 Å². The number of rotatable bonds is 3. The Morgan fingerprint density at radius 2 is 1.52 bits per heavy atom. The van der Waals surface area contributed by atoms with Crippen molar-refractivity contribution in [2.75, 3.05) is 4.90 Å². The Bertz CT molecular complexity index is 915. The van der Waals surface area contributed by atoms with Gasteiger partial charge in [0.25, 0.3) is 0 Å². The first-order chi connectivity index (χ1) is 13.0. The predicted molar refractivity (Wildman–Crippen MR) is 103 cm³/mol. The first-order valence-corrected chi connectivity index (χ1v) is 9.89. The second-order valence-electron chi connectivity index (χ2n) is 7.57. The average Bonchev–Trinajstić information content (AvgIpc) is 3.32. The lowest BCUT2D eigenvalue weighted by molar-refractivity contribution is -0.123. The van der Waals surface area contributed by atoms with E-state index in [0.717, 1.165) is 19.3 Å². The summed E-state index contributed by atoms with van der Waals surface area (Å²) in [5.74, 6) is 1.54. The van der Waals surface area contributed by atoms with Crippen molar-refractivity contribution in [1.82, 2.24) is 0 Å². The Morgan fingerprint density at radius 3 is 2.11 bits per heavy atom. The summed E-state index contributed by atoms with van der Waals surface area (Å²) < 4.78 is 5.78. The summed E-state index contributed by atoms with van der Waals surface area (Å²) in [6.07, 6.45) is 3.19. The number of hydrogen-bond acceptors (Lipinski definition) is 3. The third-order valence-electron chi connectivity index (χ3n) is 6.14. The Balaban J connectivity index is 1.38. The zero-order valence-electron chi connectivity index (χ0n) is 14.4. The maximum absolute atomic E-state index is 12.9. The quantitative estimate of drug-likeness (QED) is 0.653. The van der Waals surface area contributed by atoms with Gasteiger partial charge in [-0.25, -0.2) is 0 Å². The molecule has 1 aliphatic heterocycles. The number of fused-ring (bicyclic) bond motifs is 5. The van der Waals surface area contributed by atoms with Crippen molar-refractivity contribution in [1.29, 1.82) is 0 Å². The third-order valence-corrected chi connectivity index (χ3v) is 6.67. The van der Waals surface area contributed by atoms with E-state index in [1.165, 1.54) is 4.90 Å². The lowest BCUT2D eigenvalue weighted by Crippen LogP contribution is -2.32. The summed E-state index contributed by atoms with van der Waals surface area (Å²) in [4.78, 5) is 27.1. The lowest BCUT2D eigenvalue weighted by atomic mass is 9.81. The largest absolute Gasteiger partial charge is 0.456 e. The second-order valence-corrected chi connectivity index (χ2v) is 8.41. The molecule has 4 nitrogen and oxygen atoms in total. The fourth-order valence-corrected chi connectivity index (χ4v) is 5.46. The SMILES string of the molecule is O=C1[C@H]2[C@@H]3CC[C@@H](C3)[C@@H]2C(=O)N1c1ccc(Oc2ccc(Cl)cc2Cl)cc1. The summed E-state index contributed by atoms with van der Waals surface area (Å²) in [5, 5.41) is 0.952. The van der Waals surface area contributed by atoms with Crippen LogP contribution in [0.25, 0.3) is 0 Å². The van der Waals surface area contributed by atoms with Crippen LogP contribution in [-0.2, 0) is 9.59 Å². The molecule has 0 radical (unpaired) electrons. The fourth-order valence-electron chi connectivity index (χ4n) is 5.01. The summed E-state index contributed by atoms with van der Waals surface area (Å²) in [6.45, 7) is 0. The molecular weight excluding hydrogens is 385 g/mol. The minimum atomic E-state index is -0.111. The van der Waals surface area contributed by atoms with Crippen molar-refractivity contribution in [3.63, 3.8) is 0 Å². The highest BCUT2D eigenvalue weighted by Gasteiger charge is 2.61. The lowest BCUT2D eigenvalue weighted by Gasteiger charge is -2.19. The van der Waals surface area contributed by atoms with Gasteiger partial charge in [0.2, 0.25) is 11.8 Å². The van der Waals surface area contributed by atoms with Crippen LogP contribution >= 0.6 is 23.2 Å². The van der Waals surface area contributed by atoms with Crippen LogP contribution in [0.15, 0.2) is 42.5 Å². The van der Waals surface area contributed by atoms with Gasteiger partial charge in [-0.1, -0.05) is 23.2 Å². The molecule has 2 aromatic carbocycles. The van der Waals surface area contributed by atoms with Gasteiger partial charge >= 0.3 is 0 Å². The summed E-state index contributed by atoms with van der Waals surface area (Å²) in [5.41, 5.74) is 0.605. The molecule has 0 spiro atoms. The normalized spacial score (nSPS) is 28.7. The minimum absolute atomic E-state index is 0.0355.